The van der Waals surface area contributed by atoms with Crippen LogP contribution in [0.5, 0.6) is 0 Å². The van der Waals surface area contributed by atoms with E-state index in [0.29, 0.717) is 6.42 Å². The van der Waals surface area contributed by atoms with Crippen LogP contribution in [0.3, 0.4) is 0 Å². The van der Waals surface area contributed by atoms with E-state index in [9.17, 15) is 29.1 Å². The van der Waals surface area contributed by atoms with Crippen LogP contribution in [0.25, 0.3) is 0 Å². The maximum Gasteiger partial charge on any atom is 0.327 e. The molecule has 24 heteroatoms. The number of guanidine groups is 4. The van der Waals surface area contributed by atoms with Crippen LogP contribution < -0.4 is 72.9 Å². The molecule has 23 N–H and O–H groups in total. The van der Waals surface area contributed by atoms with Gasteiger partial charge in [-0.25, -0.2) is 4.79 Å². The molecule has 0 aliphatic rings. The SMILES string of the molecule is NC(N)=NCCC[C@H](NC(=O)[C@H](CCCN=C(N)N)NC(=O)[C@H](CCCN=C(N)N)NC(=O)[C@@H](N)CCCN=C(N)N)C(=O)N[C@@H](CS)C(=O)O. The molecule has 0 aromatic carbocycles. The quantitative estimate of drug-likeness (QED) is 0.0169. The van der Waals surface area contributed by atoms with Gasteiger partial charge in [-0.1, -0.05) is 0 Å². The van der Waals surface area contributed by atoms with E-state index in [1.54, 1.807) is 0 Å². The van der Waals surface area contributed by atoms with Crippen molar-refractivity contribution in [1.82, 2.24) is 21.3 Å². The summed E-state index contributed by atoms with van der Waals surface area (Å²) in [6, 6.07) is -6.10. The first-order chi connectivity index (χ1) is 24.0. The third-order valence-electron chi connectivity index (χ3n) is 6.84. The fourth-order valence-corrected chi connectivity index (χ4v) is 4.50. The van der Waals surface area contributed by atoms with Gasteiger partial charge in [-0.05, 0) is 51.4 Å². The van der Waals surface area contributed by atoms with E-state index in [1.165, 1.54) is 0 Å². The first kappa shape index (κ1) is 45.7. The van der Waals surface area contributed by atoms with Crippen molar-refractivity contribution in [2.75, 3.05) is 31.9 Å². The third-order valence-corrected chi connectivity index (χ3v) is 7.20. The van der Waals surface area contributed by atoms with Crippen LogP contribution in [0.1, 0.15) is 51.4 Å². The Balaban J connectivity index is 6.20. The van der Waals surface area contributed by atoms with E-state index in [2.05, 4.69) is 53.9 Å². The van der Waals surface area contributed by atoms with Gasteiger partial charge in [0.15, 0.2) is 23.8 Å². The number of carbonyl (C=O) groups is 5. The zero-order valence-corrected chi connectivity index (χ0v) is 29.4. The van der Waals surface area contributed by atoms with Crippen molar-refractivity contribution in [3.63, 3.8) is 0 Å². The lowest BCUT2D eigenvalue weighted by Gasteiger charge is -2.26. The van der Waals surface area contributed by atoms with E-state index < -0.39 is 59.8 Å². The summed E-state index contributed by atoms with van der Waals surface area (Å²) in [5.74, 6) is -5.23. The fraction of sp³-hybridized carbons (Fsp3) is 0.667. The van der Waals surface area contributed by atoms with Crippen molar-refractivity contribution in [2.45, 2.75) is 81.6 Å². The molecular weight excluding hydrogens is 690 g/mol. The molecule has 0 saturated heterocycles. The number of carbonyl (C=O) groups excluding carboxylic acids is 4. The van der Waals surface area contributed by atoms with Crippen LogP contribution in [0, 0.1) is 0 Å². The molecule has 0 spiro atoms. The predicted molar refractivity (Wildman–Crippen MR) is 197 cm³/mol. The van der Waals surface area contributed by atoms with Crippen molar-refractivity contribution >= 4 is 66.1 Å². The Labute approximate surface area is 301 Å². The second-order valence-corrected chi connectivity index (χ2v) is 11.5. The number of aliphatic imine (C=N–C) groups is 4. The topological polar surface area (TPSA) is 437 Å². The zero-order valence-electron chi connectivity index (χ0n) is 28.5. The van der Waals surface area contributed by atoms with Gasteiger partial charge in [0.1, 0.15) is 24.2 Å². The smallest absolute Gasteiger partial charge is 0.327 e. The van der Waals surface area contributed by atoms with Gasteiger partial charge in [0.2, 0.25) is 23.6 Å². The number of hydrogen-bond donors (Lipinski definition) is 15. The van der Waals surface area contributed by atoms with E-state index in [4.69, 9.17) is 51.6 Å². The van der Waals surface area contributed by atoms with Crippen molar-refractivity contribution in [1.29, 1.82) is 0 Å². The van der Waals surface area contributed by atoms with Gasteiger partial charge in [0.25, 0.3) is 0 Å². The highest BCUT2D eigenvalue weighted by Gasteiger charge is 2.31. The van der Waals surface area contributed by atoms with Crippen molar-refractivity contribution in [3.05, 3.63) is 0 Å². The molecule has 0 heterocycles. The first-order valence-corrected chi connectivity index (χ1v) is 16.6. The average Bonchev–Trinajstić information content (AvgIpc) is 3.04. The maximum atomic E-state index is 13.7. The van der Waals surface area contributed by atoms with Gasteiger partial charge < -0.3 is 78.0 Å². The van der Waals surface area contributed by atoms with Gasteiger partial charge >= 0.3 is 5.97 Å². The maximum absolute atomic E-state index is 13.7. The number of nitrogens with zero attached hydrogens (tertiary/aromatic N) is 4. The number of amides is 4. The van der Waals surface area contributed by atoms with E-state index in [1.807, 2.05) is 0 Å². The average molecular weight is 746 g/mol. The molecule has 290 valence electrons. The van der Waals surface area contributed by atoms with Crippen LogP contribution in [0.15, 0.2) is 20.0 Å². The number of aliphatic carboxylic acids is 1. The summed E-state index contributed by atoms with van der Waals surface area (Å²) in [6.45, 7) is 0.573. The number of thiol groups is 1. The molecule has 0 aromatic rings. The van der Waals surface area contributed by atoms with Crippen LogP contribution in [0.4, 0.5) is 0 Å². The number of carboxylic acids is 1. The number of carboxylic acid groups (broad SMARTS) is 1. The summed E-state index contributed by atoms with van der Waals surface area (Å²) in [7, 11) is 0. The Morgan fingerprint density at radius 3 is 1.04 bits per heavy atom. The van der Waals surface area contributed by atoms with E-state index in [0.717, 1.165) is 0 Å². The van der Waals surface area contributed by atoms with Crippen LogP contribution in [-0.4, -0.2) is 121 Å². The van der Waals surface area contributed by atoms with Crippen LogP contribution >= 0.6 is 12.6 Å². The number of rotatable bonds is 26. The molecule has 0 fully saturated rings. The largest absolute Gasteiger partial charge is 0.480 e. The van der Waals surface area contributed by atoms with Gasteiger partial charge in [-0.2, -0.15) is 12.6 Å². The number of hydrogen-bond acceptors (Lipinski definition) is 11. The van der Waals surface area contributed by atoms with Crippen LogP contribution in [-0.2, 0) is 24.0 Å². The third kappa shape index (κ3) is 22.2. The first-order valence-electron chi connectivity index (χ1n) is 16.0. The van der Waals surface area contributed by atoms with Crippen molar-refractivity contribution < 1.29 is 29.1 Å². The summed E-state index contributed by atoms with van der Waals surface area (Å²) in [4.78, 5) is 80.4. The Bertz CT molecular complexity index is 1250. The molecule has 0 aromatic heterocycles. The number of nitrogens with two attached hydrogens (primary N) is 9. The molecule has 0 aliphatic heterocycles. The monoisotopic (exact) mass is 745 g/mol. The molecular formula is C27H55N17O6S. The Hall–Kier alpha value is -5.26. The molecule has 51 heavy (non-hydrogen) atoms. The molecule has 5 atom stereocenters. The second kappa shape index (κ2) is 25.7. The molecule has 0 radical (unpaired) electrons. The molecule has 0 aliphatic carbocycles. The highest BCUT2D eigenvalue weighted by molar-refractivity contribution is 7.80. The van der Waals surface area contributed by atoms with Gasteiger partial charge in [0, 0.05) is 31.9 Å². The minimum atomic E-state index is -1.35. The van der Waals surface area contributed by atoms with Gasteiger partial charge in [-0.15, -0.1) is 0 Å². The highest BCUT2D eigenvalue weighted by Crippen LogP contribution is 2.07. The lowest BCUT2D eigenvalue weighted by atomic mass is 10.0. The molecule has 4 amide bonds. The standard InChI is InChI=1S/C27H55N17O6S/c28-14(5-1-9-37-24(29)30)19(45)41-15(6-2-10-38-25(31)32)20(46)42-16(7-3-11-39-26(33)34)21(47)43-17(8-4-12-40-27(35)36)22(48)44-18(13-51)23(49)50/h14-18,51H,1-13,28H2,(H,41,45)(H,42,46)(H,43,47)(H,44,48)(H,49,50)(H4,29,30,37)(H4,31,32,38)(H4,33,34,39)(H4,35,36,40)/t14-,15-,16-,17-,18-/m0/s1. The molecule has 0 unspecified atom stereocenters. The normalized spacial score (nSPS) is 13.5. The number of nitrogens with one attached hydrogen (secondary N) is 4. The van der Waals surface area contributed by atoms with Crippen LogP contribution in [0.2, 0.25) is 0 Å². The Morgan fingerprint density at radius 1 is 0.490 bits per heavy atom. The summed E-state index contributed by atoms with van der Waals surface area (Å²) in [6.07, 6.45) is 1.29. The summed E-state index contributed by atoms with van der Waals surface area (Å²) >= 11 is 3.96. The van der Waals surface area contributed by atoms with Gasteiger partial charge in [0.05, 0.1) is 6.04 Å². The minimum Gasteiger partial charge on any atom is -0.480 e. The summed E-state index contributed by atoms with van der Waals surface area (Å²) in [5.41, 5.74) is 49.0. The van der Waals surface area contributed by atoms with Gasteiger partial charge in [-0.3, -0.25) is 39.1 Å². The van der Waals surface area contributed by atoms with E-state index in [-0.39, 0.29) is 101 Å². The zero-order chi connectivity index (χ0) is 38.9. The minimum absolute atomic E-state index is 0.00746. The predicted octanol–water partition coefficient (Wildman–Crippen LogP) is -6.52. The molecule has 0 bridgehead atoms. The Kier molecular flexibility index (Phi) is 23.0. The second-order valence-electron chi connectivity index (χ2n) is 11.2. The summed E-state index contributed by atoms with van der Waals surface area (Å²) in [5, 5.41) is 19.5. The molecule has 23 nitrogen and oxygen atoms in total. The lowest BCUT2D eigenvalue weighted by Crippen LogP contribution is -2.58. The summed E-state index contributed by atoms with van der Waals surface area (Å²) < 4.78 is 0. The Morgan fingerprint density at radius 2 is 0.765 bits per heavy atom. The fourth-order valence-electron chi connectivity index (χ4n) is 4.25. The van der Waals surface area contributed by atoms with Crippen molar-refractivity contribution in [3.8, 4) is 0 Å². The lowest BCUT2D eigenvalue weighted by molar-refractivity contribution is -0.141. The highest BCUT2D eigenvalue weighted by atomic mass is 32.1. The van der Waals surface area contributed by atoms with Crippen molar-refractivity contribution in [2.24, 2.45) is 71.6 Å². The molecule has 0 rings (SSSR count). The van der Waals surface area contributed by atoms with E-state index >= 15 is 0 Å². The molecule has 0 saturated carbocycles.